The molecule has 0 atom stereocenters. The molecule has 124 valence electrons. The summed E-state index contributed by atoms with van der Waals surface area (Å²) in [5.74, 6) is -0.721. The molecule has 1 aliphatic rings. The smallest absolute Gasteiger partial charge is 0.292 e. The number of fused-ring (bicyclic) bond motifs is 1. The van der Waals surface area contributed by atoms with Crippen LogP contribution in [0.5, 0.6) is 0 Å². The predicted octanol–water partition coefficient (Wildman–Crippen LogP) is 2.93. The molecule has 2 aromatic rings. The van der Waals surface area contributed by atoms with Crippen LogP contribution in [0.4, 0.5) is 13.2 Å². The number of alkyl halides is 3. The van der Waals surface area contributed by atoms with Crippen molar-refractivity contribution < 1.29 is 18.0 Å². The van der Waals surface area contributed by atoms with Gasteiger partial charge in [0.15, 0.2) is 5.78 Å². The normalized spacial score (nSPS) is 14.1. The van der Waals surface area contributed by atoms with Crippen molar-refractivity contribution in [2.75, 3.05) is 0 Å². The number of rotatable bonds is 3. The minimum absolute atomic E-state index is 0.0879. The Morgan fingerprint density at radius 1 is 1.33 bits per heavy atom. The Hall–Kier alpha value is -2.69. The fourth-order valence-corrected chi connectivity index (χ4v) is 2.83. The molecular formula is C16H13F3N4O. The lowest BCUT2D eigenvalue weighted by molar-refractivity contribution is -0.138. The number of hydrogen-bond donors (Lipinski definition) is 0. The van der Waals surface area contributed by atoms with E-state index in [1.165, 1.54) is 23.0 Å². The van der Waals surface area contributed by atoms with E-state index in [1.54, 1.807) is 0 Å². The Bertz CT molecular complexity index is 816. The molecule has 0 unspecified atom stereocenters. The fraction of sp³-hybridized carbons (Fsp3) is 0.375. The van der Waals surface area contributed by atoms with Crippen molar-refractivity contribution in [2.45, 2.75) is 38.4 Å². The maximum absolute atomic E-state index is 13.4. The van der Waals surface area contributed by atoms with Gasteiger partial charge in [-0.3, -0.25) is 14.5 Å². The second-order valence-corrected chi connectivity index (χ2v) is 5.60. The highest BCUT2D eigenvalue weighted by Gasteiger charge is 2.42. The number of ketones is 1. The number of carbonyl (C=O) groups is 1. The van der Waals surface area contributed by atoms with Gasteiger partial charge in [-0.15, -0.1) is 0 Å². The Morgan fingerprint density at radius 2 is 2.12 bits per heavy atom. The number of hydrogen-bond acceptors (Lipinski definition) is 4. The third-order valence-corrected chi connectivity index (χ3v) is 3.93. The number of pyridine rings is 1. The van der Waals surface area contributed by atoms with Crippen LogP contribution in [0.1, 0.15) is 45.8 Å². The molecule has 5 nitrogen and oxygen atoms in total. The van der Waals surface area contributed by atoms with Crippen molar-refractivity contribution >= 4 is 5.78 Å². The first-order valence-electron chi connectivity index (χ1n) is 7.45. The number of aromatic nitrogens is 3. The third-order valence-electron chi connectivity index (χ3n) is 3.93. The number of Topliss-reactive ketones (excluding diaryl/α,β-unsaturated/α-hetero) is 1. The summed E-state index contributed by atoms with van der Waals surface area (Å²) < 4.78 is 41.5. The maximum Gasteiger partial charge on any atom is 0.420 e. The first-order valence-corrected chi connectivity index (χ1v) is 7.45. The summed E-state index contributed by atoms with van der Waals surface area (Å²) in [5, 5.41) is 12.6. The molecule has 1 aliphatic heterocycles. The quantitative estimate of drug-likeness (QED) is 0.809. The van der Waals surface area contributed by atoms with E-state index in [2.05, 4.69) is 10.1 Å². The third kappa shape index (κ3) is 3.02. The monoisotopic (exact) mass is 334 g/mol. The summed E-state index contributed by atoms with van der Waals surface area (Å²) in [5.41, 5.74) is -0.742. The number of aryl methyl sites for hydroxylation is 1. The lowest BCUT2D eigenvalue weighted by Crippen LogP contribution is -2.17. The van der Waals surface area contributed by atoms with Crippen LogP contribution in [0.3, 0.4) is 0 Å². The zero-order valence-corrected chi connectivity index (χ0v) is 12.6. The molecule has 0 aliphatic carbocycles. The van der Waals surface area contributed by atoms with Crippen LogP contribution in [0.2, 0.25) is 0 Å². The maximum atomic E-state index is 13.4. The topological polar surface area (TPSA) is 71.6 Å². The molecule has 0 saturated carbocycles. The van der Waals surface area contributed by atoms with E-state index in [0.29, 0.717) is 24.2 Å². The van der Waals surface area contributed by atoms with E-state index in [4.69, 9.17) is 5.26 Å². The lowest BCUT2D eigenvalue weighted by Gasteiger charge is -2.15. The van der Waals surface area contributed by atoms with Crippen LogP contribution in [0.25, 0.3) is 0 Å². The zero-order valence-electron chi connectivity index (χ0n) is 12.6. The summed E-state index contributed by atoms with van der Waals surface area (Å²) in [6.07, 6.45) is -1.95. The second kappa shape index (κ2) is 6.07. The molecular weight excluding hydrogens is 321 g/mol. The van der Waals surface area contributed by atoms with Gasteiger partial charge in [-0.1, -0.05) is 0 Å². The van der Waals surface area contributed by atoms with Crippen molar-refractivity contribution in [1.29, 1.82) is 5.26 Å². The van der Waals surface area contributed by atoms with Crippen molar-refractivity contribution in [3.63, 3.8) is 0 Å². The summed E-state index contributed by atoms with van der Waals surface area (Å²) in [6.45, 7) is 0.390. The Kier molecular flexibility index (Phi) is 4.09. The van der Waals surface area contributed by atoms with Gasteiger partial charge in [-0.2, -0.15) is 23.5 Å². The predicted molar refractivity (Wildman–Crippen MR) is 77.2 cm³/mol. The van der Waals surface area contributed by atoms with Crippen LogP contribution < -0.4 is 0 Å². The number of halogens is 3. The van der Waals surface area contributed by atoms with Gasteiger partial charge in [0.05, 0.1) is 17.7 Å². The average Bonchev–Trinajstić information content (AvgIpc) is 2.95. The lowest BCUT2D eigenvalue weighted by atomic mass is 10.0. The molecule has 0 fully saturated rings. The van der Waals surface area contributed by atoms with Gasteiger partial charge >= 0.3 is 6.18 Å². The Morgan fingerprint density at radius 3 is 2.75 bits per heavy atom. The molecule has 0 radical (unpaired) electrons. The molecule has 8 heteroatoms. The highest BCUT2D eigenvalue weighted by molar-refractivity contribution is 5.97. The van der Waals surface area contributed by atoms with Crippen molar-refractivity contribution in [3.8, 4) is 6.07 Å². The van der Waals surface area contributed by atoms with Crippen molar-refractivity contribution in [3.05, 3.63) is 46.5 Å². The molecule has 3 heterocycles. The average molecular weight is 334 g/mol. The van der Waals surface area contributed by atoms with E-state index in [1.807, 2.05) is 6.07 Å². The minimum Gasteiger partial charge on any atom is -0.292 e. The minimum atomic E-state index is -4.62. The molecule has 3 rings (SSSR count). The fourth-order valence-electron chi connectivity index (χ4n) is 2.83. The van der Waals surface area contributed by atoms with E-state index in [-0.39, 0.29) is 18.5 Å². The largest absolute Gasteiger partial charge is 0.420 e. The van der Waals surface area contributed by atoms with Crippen molar-refractivity contribution in [2.24, 2.45) is 0 Å². The highest BCUT2D eigenvalue weighted by atomic mass is 19.4. The van der Waals surface area contributed by atoms with Gasteiger partial charge in [0.25, 0.3) is 0 Å². The zero-order chi connectivity index (χ0) is 17.3. The second-order valence-electron chi connectivity index (χ2n) is 5.60. The molecule has 0 aromatic carbocycles. The van der Waals surface area contributed by atoms with Crippen molar-refractivity contribution in [1.82, 2.24) is 14.8 Å². The van der Waals surface area contributed by atoms with Gasteiger partial charge in [-0.05, 0) is 31.4 Å². The molecule has 2 aromatic heterocycles. The summed E-state index contributed by atoms with van der Waals surface area (Å²) in [4.78, 5) is 16.3. The first kappa shape index (κ1) is 16.2. The Labute approximate surface area is 135 Å². The number of carbonyl (C=O) groups excluding carboxylic acids is 1. The molecule has 0 saturated heterocycles. The highest BCUT2D eigenvalue weighted by Crippen LogP contribution is 2.37. The van der Waals surface area contributed by atoms with E-state index >= 15 is 0 Å². The SMILES string of the molecule is N#Cc1ccc(CC(=O)c2nn3c(c2C(F)(F)F)CCCC3)nc1. The number of nitriles is 1. The van der Waals surface area contributed by atoms with E-state index in [0.717, 1.165) is 6.42 Å². The molecule has 0 N–H and O–H groups in total. The van der Waals surface area contributed by atoms with Gasteiger partial charge in [0, 0.05) is 18.4 Å². The summed E-state index contributed by atoms with van der Waals surface area (Å²) in [6, 6.07) is 4.82. The molecule has 24 heavy (non-hydrogen) atoms. The van der Waals surface area contributed by atoms with Gasteiger partial charge in [0.1, 0.15) is 17.3 Å². The van der Waals surface area contributed by atoms with Crippen LogP contribution >= 0.6 is 0 Å². The van der Waals surface area contributed by atoms with Gasteiger partial charge in [0.2, 0.25) is 0 Å². The van der Waals surface area contributed by atoms with Crippen LogP contribution in [-0.4, -0.2) is 20.5 Å². The molecule has 0 amide bonds. The summed E-state index contributed by atoms with van der Waals surface area (Å²) >= 11 is 0. The van der Waals surface area contributed by atoms with E-state index < -0.39 is 23.2 Å². The van der Waals surface area contributed by atoms with Crippen LogP contribution in [-0.2, 0) is 25.6 Å². The Balaban J connectivity index is 1.94. The van der Waals surface area contributed by atoms with Gasteiger partial charge < -0.3 is 0 Å². The van der Waals surface area contributed by atoms with Crippen LogP contribution in [0, 0.1) is 11.3 Å². The number of nitrogens with zero attached hydrogens (tertiary/aromatic N) is 4. The van der Waals surface area contributed by atoms with E-state index in [9.17, 15) is 18.0 Å². The van der Waals surface area contributed by atoms with Crippen LogP contribution in [0.15, 0.2) is 18.3 Å². The molecule has 0 spiro atoms. The van der Waals surface area contributed by atoms with Gasteiger partial charge in [-0.25, -0.2) is 0 Å². The standard InChI is InChI=1S/C16H13F3N4O/c17-16(18,19)14-12-3-1-2-6-23(12)22-15(14)13(24)7-11-5-4-10(8-20)9-21-11/h4-5,9H,1-3,6-7H2. The first-order chi connectivity index (χ1) is 11.4. The summed E-state index contributed by atoms with van der Waals surface area (Å²) in [7, 11) is 0. The molecule has 0 bridgehead atoms.